The number of ether oxygens (including phenoxy) is 1. The molecule has 0 aliphatic heterocycles. The van der Waals surface area contributed by atoms with Crippen molar-refractivity contribution in [3.05, 3.63) is 77.6 Å². The Hall–Kier alpha value is -3.11. The summed E-state index contributed by atoms with van der Waals surface area (Å²) in [5.74, 6) is -0.709. The van der Waals surface area contributed by atoms with Gasteiger partial charge in [-0.15, -0.1) is 0 Å². The van der Waals surface area contributed by atoms with Gasteiger partial charge in [0.05, 0.1) is 23.0 Å². The molecule has 0 radical (unpaired) electrons. The van der Waals surface area contributed by atoms with E-state index in [-0.39, 0.29) is 17.2 Å². The smallest absolute Gasteiger partial charge is 0.407 e. The normalized spacial score (nSPS) is 12.2. The van der Waals surface area contributed by atoms with Crippen LogP contribution in [0.1, 0.15) is 18.9 Å². The third kappa shape index (κ3) is 6.48. The maximum absolute atomic E-state index is 14.8. The fourth-order valence-electron chi connectivity index (χ4n) is 3.30. The van der Waals surface area contributed by atoms with Crippen molar-refractivity contribution in [2.24, 2.45) is 0 Å². The molecule has 0 unspecified atom stereocenters. The standard InChI is InChI=1S/C23H26ClFN4O4S/c1-17-4-9-21(25)22(14-17)29(34(31,32)20-7-5-19(24)6-8-20)18(2)15-33-23(30)27-10-3-12-28-13-11-26-16-28/h4-9,11,13-14,16,18H,3,10,12,15H2,1-2H3,(H,27,30)/t18-/m1/s1. The largest absolute Gasteiger partial charge is 0.447 e. The van der Waals surface area contributed by atoms with Crippen molar-refractivity contribution in [1.82, 2.24) is 14.9 Å². The van der Waals surface area contributed by atoms with Crippen molar-refractivity contribution in [2.75, 3.05) is 17.5 Å². The SMILES string of the molecule is Cc1ccc(F)c(N([C@H](C)COC(=O)NCCCn2ccnc2)S(=O)(=O)c2ccc(Cl)cc2)c1. The lowest BCUT2D eigenvalue weighted by Gasteiger charge is -2.30. The van der Waals surface area contributed by atoms with Gasteiger partial charge >= 0.3 is 6.09 Å². The van der Waals surface area contributed by atoms with Gasteiger partial charge in [0.25, 0.3) is 10.0 Å². The molecule has 1 aromatic heterocycles. The Morgan fingerprint density at radius 3 is 2.68 bits per heavy atom. The lowest BCUT2D eigenvalue weighted by atomic mass is 10.2. The minimum Gasteiger partial charge on any atom is -0.447 e. The maximum atomic E-state index is 14.8. The van der Waals surface area contributed by atoms with E-state index < -0.39 is 28.0 Å². The Morgan fingerprint density at radius 1 is 1.26 bits per heavy atom. The number of amides is 1. The number of benzene rings is 2. The van der Waals surface area contributed by atoms with Crippen LogP contribution in [0.3, 0.4) is 0 Å². The van der Waals surface area contributed by atoms with Gasteiger partial charge in [-0.2, -0.15) is 0 Å². The van der Waals surface area contributed by atoms with Gasteiger partial charge in [-0.25, -0.2) is 22.6 Å². The predicted molar refractivity (Wildman–Crippen MR) is 128 cm³/mol. The molecule has 1 atom stereocenters. The van der Waals surface area contributed by atoms with E-state index in [9.17, 15) is 17.6 Å². The molecule has 0 saturated heterocycles. The second-order valence-electron chi connectivity index (χ2n) is 7.74. The average Bonchev–Trinajstić information content (AvgIpc) is 3.31. The topological polar surface area (TPSA) is 93.5 Å². The van der Waals surface area contributed by atoms with Crippen molar-refractivity contribution in [2.45, 2.75) is 37.8 Å². The molecule has 182 valence electrons. The molecule has 2 aromatic carbocycles. The van der Waals surface area contributed by atoms with Crippen LogP contribution >= 0.6 is 11.6 Å². The van der Waals surface area contributed by atoms with Crippen molar-refractivity contribution < 1.29 is 22.3 Å². The van der Waals surface area contributed by atoms with E-state index in [4.69, 9.17) is 16.3 Å². The number of rotatable bonds is 10. The lowest BCUT2D eigenvalue weighted by molar-refractivity contribution is 0.141. The van der Waals surface area contributed by atoms with E-state index >= 15 is 0 Å². The highest BCUT2D eigenvalue weighted by molar-refractivity contribution is 7.92. The molecular formula is C23H26ClFN4O4S. The van der Waals surface area contributed by atoms with E-state index in [0.717, 1.165) is 4.31 Å². The molecule has 0 fully saturated rings. The Morgan fingerprint density at radius 2 is 2.00 bits per heavy atom. The van der Waals surface area contributed by atoms with Gasteiger partial charge in [0, 0.05) is 30.5 Å². The first-order chi connectivity index (χ1) is 16.2. The molecule has 11 heteroatoms. The predicted octanol–water partition coefficient (Wildman–Crippen LogP) is 4.38. The van der Waals surface area contributed by atoms with Gasteiger partial charge in [-0.1, -0.05) is 17.7 Å². The molecule has 1 N–H and O–H groups in total. The van der Waals surface area contributed by atoms with Crippen LogP contribution in [0.5, 0.6) is 0 Å². The van der Waals surface area contributed by atoms with Gasteiger partial charge in [-0.05, 0) is 62.2 Å². The maximum Gasteiger partial charge on any atom is 0.407 e. The van der Waals surface area contributed by atoms with Crippen molar-refractivity contribution in [3.8, 4) is 0 Å². The number of nitrogens with one attached hydrogen (secondary N) is 1. The quantitative estimate of drug-likeness (QED) is 0.410. The molecule has 0 saturated carbocycles. The minimum absolute atomic E-state index is 0.0615. The second-order valence-corrected chi connectivity index (χ2v) is 9.99. The number of halogens is 2. The number of hydrogen-bond acceptors (Lipinski definition) is 5. The summed E-state index contributed by atoms with van der Waals surface area (Å²) in [4.78, 5) is 16.0. The summed E-state index contributed by atoms with van der Waals surface area (Å²) in [6.45, 7) is 4.03. The Kier molecular flexibility index (Phi) is 8.51. The molecule has 0 spiro atoms. The monoisotopic (exact) mass is 508 g/mol. The first-order valence-electron chi connectivity index (χ1n) is 10.6. The molecule has 0 bridgehead atoms. The number of nitrogens with zero attached hydrogens (tertiary/aromatic N) is 3. The molecular weight excluding hydrogens is 483 g/mol. The number of aromatic nitrogens is 2. The molecule has 8 nitrogen and oxygen atoms in total. The fourth-order valence-corrected chi connectivity index (χ4v) is 5.07. The summed E-state index contributed by atoms with van der Waals surface area (Å²) in [5.41, 5.74) is 0.545. The highest BCUT2D eigenvalue weighted by Crippen LogP contribution is 2.30. The van der Waals surface area contributed by atoms with E-state index in [1.54, 1.807) is 32.4 Å². The summed E-state index contributed by atoms with van der Waals surface area (Å²) in [6, 6.07) is 8.87. The number of carbonyl (C=O) groups is 1. The van der Waals surface area contributed by atoms with Crippen molar-refractivity contribution in [1.29, 1.82) is 0 Å². The van der Waals surface area contributed by atoms with Crippen molar-refractivity contribution in [3.63, 3.8) is 0 Å². The van der Waals surface area contributed by atoms with E-state index in [1.165, 1.54) is 36.4 Å². The van der Waals surface area contributed by atoms with Crippen LogP contribution < -0.4 is 9.62 Å². The van der Waals surface area contributed by atoms with Gasteiger partial charge in [0.1, 0.15) is 12.4 Å². The Balaban J connectivity index is 1.72. The second kappa shape index (κ2) is 11.3. The van der Waals surface area contributed by atoms with Crippen LogP contribution in [-0.4, -0.2) is 43.3 Å². The summed E-state index contributed by atoms with van der Waals surface area (Å²) < 4.78 is 49.8. The van der Waals surface area contributed by atoms with Crippen LogP contribution in [0.25, 0.3) is 0 Å². The third-order valence-electron chi connectivity index (χ3n) is 4.99. The number of aryl methyl sites for hydroxylation is 2. The summed E-state index contributed by atoms with van der Waals surface area (Å²) in [5, 5.41) is 2.99. The van der Waals surface area contributed by atoms with Gasteiger partial charge in [0.15, 0.2) is 0 Å². The zero-order valence-electron chi connectivity index (χ0n) is 18.8. The van der Waals surface area contributed by atoms with E-state index in [0.29, 0.717) is 30.1 Å². The zero-order chi connectivity index (χ0) is 24.7. The molecule has 0 aliphatic carbocycles. The molecule has 3 aromatic rings. The fraction of sp³-hybridized carbons (Fsp3) is 0.304. The van der Waals surface area contributed by atoms with Crippen LogP contribution in [0, 0.1) is 12.7 Å². The van der Waals surface area contributed by atoms with E-state index in [2.05, 4.69) is 10.3 Å². The first-order valence-corrected chi connectivity index (χ1v) is 12.4. The Bertz CT molecular complexity index is 1200. The number of alkyl carbamates (subject to hydrolysis) is 1. The average molecular weight is 509 g/mol. The number of carbonyl (C=O) groups excluding carboxylic acids is 1. The minimum atomic E-state index is -4.19. The number of imidazole rings is 1. The molecule has 0 aliphatic rings. The van der Waals surface area contributed by atoms with Crippen molar-refractivity contribution >= 4 is 33.4 Å². The summed E-state index contributed by atoms with van der Waals surface area (Å²) in [7, 11) is -4.19. The number of sulfonamides is 1. The van der Waals surface area contributed by atoms with E-state index in [1.807, 2.05) is 10.8 Å². The van der Waals surface area contributed by atoms with Crippen LogP contribution in [0.4, 0.5) is 14.9 Å². The van der Waals surface area contributed by atoms with Crippen LogP contribution in [0.15, 0.2) is 66.1 Å². The zero-order valence-corrected chi connectivity index (χ0v) is 20.4. The molecule has 34 heavy (non-hydrogen) atoms. The first kappa shape index (κ1) is 25.5. The lowest BCUT2D eigenvalue weighted by Crippen LogP contribution is -2.43. The van der Waals surface area contributed by atoms with Crippen LogP contribution in [-0.2, 0) is 21.3 Å². The van der Waals surface area contributed by atoms with Gasteiger partial charge in [-0.3, -0.25) is 4.31 Å². The van der Waals surface area contributed by atoms with Gasteiger partial charge < -0.3 is 14.6 Å². The summed E-state index contributed by atoms with van der Waals surface area (Å²) >= 11 is 5.90. The highest BCUT2D eigenvalue weighted by Gasteiger charge is 2.32. The summed E-state index contributed by atoms with van der Waals surface area (Å²) in [6.07, 6.45) is 5.14. The number of anilines is 1. The highest BCUT2D eigenvalue weighted by atomic mass is 35.5. The molecule has 1 heterocycles. The Labute approximate surface area is 203 Å². The third-order valence-corrected chi connectivity index (χ3v) is 7.18. The molecule has 1 amide bonds. The molecule has 3 rings (SSSR count). The number of hydrogen-bond donors (Lipinski definition) is 1. The van der Waals surface area contributed by atoms with Gasteiger partial charge in [0.2, 0.25) is 0 Å². The van der Waals surface area contributed by atoms with Crippen LogP contribution in [0.2, 0.25) is 5.02 Å².